The SMILES string of the molecule is COCCCN1CCN(C(=O)Nc2cccc(C)c2)CC1. The second-order valence-corrected chi connectivity index (χ2v) is 5.47. The van der Waals surface area contributed by atoms with E-state index in [-0.39, 0.29) is 6.03 Å². The van der Waals surface area contributed by atoms with Crippen LogP contribution in [0.15, 0.2) is 24.3 Å². The number of amides is 2. The number of ether oxygens (including phenoxy) is 1. The zero-order valence-electron chi connectivity index (χ0n) is 13.0. The number of aryl methyl sites for hydroxylation is 1. The standard InChI is InChI=1S/C16H25N3O2/c1-14-5-3-6-15(13-14)17-16(20)19-10-8-18(9-11-19)7-4-12-21-2/h3,5-6,13H,4,7-12H2,1-2H3,(H,17,20). The summed E-state index contributed by atoms with van der Waals surface area (Å²) >= 11 is 0. The van der Waals surface area contributed by atoms with Crippen molar-refractivity contribution < 1.29 is 9.53 Å². The Labute approximate surface area is 126 Å². The van der Waals surface area contributed by atoms with E-state index in [0.717, 1.165) is 57.0 Å². The highest BCUT2D eigenvalue weighted by molar-refractivity contribution is 5.89. The van der Waals surface area contributed by atoms with Crippen LogP contribution in [0.25, 0.3) is 0 Å². The number of methoxy groups -OCH3 is 1. The molecule has 0 radical (unpaired) electrons. The summed E-state index contributed by atoms with van der Waals surface area (Å²) in [5.74, 6) is 0. The van der Waals surface area contributed by atoms with E-state index in [1.165, 1.54) is 0 Å². The van der Waals surface area contributed by atoms with Gasteiger partial charge in [-0.05, 0) is 31.0 Å². The predicted molar refractivity (Wildman–Crippen MR) is 84.7 cm³/mol. The average Bonchev–Trinajstić information content (AvgIpc) is 2.48. The van der Waals surface area contributed by atoms with Crippen LogP contribution in [-0.2, 0) is 4.74 Å². The monoisotopic (exact) mass is 291 g/mol. The van der Waals surface area contributed by atoms with E-state index in [1.807, 2.05) is 36.1 Å². The molecule has 21 heavy (non-hydrogen) atoms. The molecule has 1 aromatic rings. The number of hydrogen-bond acceptors (Lipinski definition) is 3. The molecule has 0 aromatic heterocycles. The number of carbonyl (C=O) groups is 1. The Morgan fingerprint density at radius 2 is 2.05 bits per heavy atom. The van der Waals surface area contributed by atoms with Crippen molar-refractivity contribution >= 4 is 11.7 Å². The molecule has 0 spiro atoms. The number of carbonyl (C=O) groups excluding carboxylic acids is 1. The number of urea groups is 1. The number of rotatable bonds is 5. The predicted octanol–water partition coefficient (Wildman–Crippen LogP) is 2.18. The lowest BCUT2D eigenvalue weighted by Gasteiger charge is -2.34. The maximum Gasteiger partial charge on any atom is 0.321 e. The van der Waals surface area contributed by atoms with Crippen LogP contribution in [0, 0.1) is 6.92 Å². The number of piperazine rings is 1. The van der Waals surface area contributed by atoms with Gasteiger partial charge in [-0.3, -0.25) is 4.90 Å². The summed E-state index contributed by atoms with van der Waals surface area (Å²) in [6, 6.07) is 7.88. The molecular formula is C16H25N3O2. The molecule has 0 aliphatic carbocycles. The van der Waals surface area contributed by atoms with Crippen molar-refractivity contribution in [2.45, 2.75) is 13.3 Å². The van der Waals surface area contributed by atoms with Gasteiger partial charge in [0.2, 0.25) is 0 Å². The quantitative estimate of drug-likeness (QED) is 0.846. The molecule has 116 valence electrons. The van der Waals surface area contributed by atoms with Gasteiger partial charge in [0.05, 0.1) is 0 Å². The van der Waals surface area contributed by atoms with Crippen molar-refractivity contribution in [2.24, 2.45) is 0 Å². The number of anilines is 1. The fourth-order valence-corrected chi connectivity index (χ4v) is 2.53. The number of nitrogens with one attached hydrogen (secondary N) is 1. The molecule has 1 heterocycles. The first-order valence-electron chi connectivity index (χ1n) is 7.53. The van der Waals surface area contributed by atoms with Crippen molar-refractivity contribution in [3.8, 4) is 0 Å². The van der Waals surface area contributed by atoms with Gasteiger partial charge in [0, 0.05) is 52.1 Å². The number of hydrogen-bond donors (Lipinski definition) is 1. The highest BCUT2D eigenvalue weighted by Crippen LogP contribution is 2.11. The molecule has 1 fully saturated rings. The summed E-state index contributed by atoms with van der Waals surface area (Å²) in [5, 5.41) is 2.97. The first-order valence-corrected chi connectivity index (χ1v) is 7.53. The van der Waals surface area contributed by atoms with E-state index >= 15 is 0 Å². The zero-order chi connectivity index (χ0) is 15.1. The Morgan fingerprint density at radius 1 is 1.29 bits per heavy atom. The minimum Gasteiger partial charge on any atom is -0.385 e. The first kappa shape index (κ1) is 15.8. The third-order valence-electron chi connectivity index (χ3n) is 3.75. The Kier molecular flexibility index (Phi) is 6.02. The third-order valence-corrected chi connectivity index (χ3v) is 3.75. The molecule has 0 unspecified atom stereocenters. The molecule has 2 rings (SSSR count). The highest BCUT2D eigenvalue weighted by Gasteiger charge is 2.20. The van der Waals surface area contributed by atoms with Gasteiger partial charge in [-0.2, -0.15) is 0 Å². The van der Waals surface area contributed by atoms with Crippen molar-refractivity contribution in [3.05, 3.63) is 29.8 Å². The molecule has 0 bridgehead atoms. The Bertz CT molecular complexity index is 457. The van der Waals surface area contributed by atoms with E-state index in [4.69, 9.17) is 4.74 Å². The Hall–Kier alpha value is -1.59. The van der Waals surface area contributed by atoms with Crippen molar-refractivity contribution in [3.63, 3.8) is 0 Å². The Morgan fingerprint density at radius 3 is 2.71 bits per heavy atom. The minimum atomic E-state index is -0.00265. The van der Waals surface area contributed by atoms with Crippen LogP contribution in [0.4, 0.5) is 10.5 Å². The molecule has 1 N–H and O–H groups in total. The smallest absolute Gasteiger partial charge is 0.321 e. The van der Waals surface area contributed by atoms with Crippen molar-refractivity contribution in [1.29, 1.82) is 0 Å². The van der Waals surface area contributed by atoms with Crippen LogP contribution in [0.5, 0.6) is 0 Å². The van der Waals surface area contributed by atoms with Crippen LogP contribution in [0.1, 0.15) is 12.0 Å². The fourth-order valence-electron chi connectivity index (χ4n) is 2.53. The van der Waals surface area contributed by atoms with Crippen LogP contribution in [-0.4, -0.2) is 62.3 Å². The van der Waals surface area contributed by atoms with E-state index < -0.39 is 0 Å². The van der Waals surface area contributed by atoms with Gasteiger partial charge >= 0.3 is 6.03 Å². The highest BCUT2D eigenvalue weighted by atomic mass is 16.5. The molecule has 2 amide bonds. The molecule has 1 aliphatic rings. The molecule has 0 saturated carbocycles. The second-order valence-electron chi connectivity index (χ2n) is 5.47. The molecule has 5 nitrogen and oxygen atoms in total. The zero-order valence-corrected chi connectivity index (χ0v) is 13.0. The third kappa shape index (κ3) is 5.02. The second kappa shape index (κ2) is 8.00. The normalized spacial score (nSPS) is 16.0. The first-order chi connectivity index (χ1) is 10.2. The van der Waals surface area contributed by atoms with Crippen molar-refractivity contribution in [1.82, 2.24) is 9.80 Å². The molecule has 1 saturated heterocycles. The van der Waals surface area contributed by atoms with Crippen LogP contribution in [0.3, 0.4) is 0 Å². The molecule has 1 aliphatic heterocycles. The number of nitrogens with zero attached hydrogens (tertiary/aromatic N) is 2. The van der Waals surface area contributed by atoms with E-state index in [1.54, 1.807) is 7.11 Å². The summed E-state index contributed by atoms with van der Waals surface area (Å²) in [4.78, 5) is 16.5. The van der Waals surface area contributed by atoms with Gasteiger partial charge in [-0.25, -0.2) is 4.79 Å². The van der Waals surface area contributed by atoms with Gasteiger partial charge in [-0.15, -0.1) is 0 Å². The van der Waals surface area contributed by atoms with Gasteiger partial charge < -0.3 is 15.0 Å². The maximum absolute atomic E-state index is 12.2. The minimum absolute atomic E-state index is 0.00265. The van der Waals surface area contributed by atoms with Crippen LogP contribution in [0.2, 0.25) is 0 Å². The topological polar surface area (TPSA) is 44.8 Å². The molecular weight excluding hydrogens is 266 g/mol. The van der Waals surface area contributed by atoms with E-state index in [2.05, 4.69) is 10.2 Å². The maximum atomic E-state index is 12.2. The van der Waals surface area contributed by atoms with Gasteiger partial charge in [0.25, 0.3) is 0 Å². The van der Waals surface area contributed by atoms with E-state index in [9.17, 15) is 4.79 Å². The lowest BCUT2D eigenvalue weighted by atomic mass is 10.2. The fraction of sp³-hybridized carbons (Fsp3) is 0.562. The molecule has 5 heteroatoms. The summed E-state index contributed by atoms with van der Waals surface area (Å²) in [6.07, 6.45) is 1.05. The Balaban J connectivity index is 1.75. The summed E-state index contributed by atoms with van der Waals surface area (Å²) in [5.41, 5.74) is 2.01. The lowest BCUT2D eigenvalue weighted by molar-refractivity contribution is 0.130. The largest absolute Gasteiger partial charge is 0.385 e. The summed E-state index contributed by atoms with van der Waals surface area (Å²) < 4.78 is 5.07. The molecule has 0 atom stereocenters. The summed E-state index contributed by atoms with van der Waals surface area (Å²) in [7, 11) is 1.73. The lowest BCUT2D eigenvalue weighted by Crippen LogP contribution is -2.50. The number of benzene rings is 1. The summed E-state index contributed by atoms with van der Waals surface area (Å²) in [6.45, 7) is 7.30. The van der Waals surface area contributed by atoms with Crippen LogP contribution >= 0.6 is 0 Å². The van der Waals surface area contributed by atoms with Crippen molar-refractivity contribution in [2.75, 3.05) is 51.8 Å². The van der Waals surface area contributed by atoms with Gasteiger partial charge in [-0.1, -0.05) is 12.1 Å². The van der Waals surface area contributed by atoms with Gasteiger partial charge in [0.15, 0.2) is 0 Å². The molecule has 1 aromatic carbocycles. The van der Waals surface area contributed by atoms with Gasteiger partial charge in [0.1, 0.15) is 0 Å². The van der Waals surface area contributed by atoms with E-state index in [0.29, 0.717) is 0 Å². The van der Waals surface area contributed by atoms with Crippen LogP contribution < -0.4 is 5.32 Å². The average molecular weight is 291 g/mol.